The number of nitrogens with zero attached hydrogens (tertiary/aromatic N) is 1. The van der Waals surface area contributed by atoms with Crippen LogP contribution in [0.2, 0.25) is 0 Å². The molecular formula is C15H25N2O6P. The Morgan fingerprint density at radius 2 is 1.96 bits per heavy atom. The lowest BCUT2D eigenvalue weighted by Crippen LogP contribution is -2.31. The van der Waals surface area contributed by atoms with E-state index in [0.29, 0.717) is 18.5 Å². The Kier molecular flexibility index (Phi) is 8.35. The first kappa shape index (κ1) is 20.6. The molecule has 0 radical (unpaired) electrons. The Morgan fingerprint density at radius 3 is 2.50 bits per heavy atom. The van der Waals surface area contributed by atoms with Crippen molar-refractivity contribution < 1.29 is 18.7 Å². The van der Waals surface area contributed by atoms with Gasteiger partial charge in [0.25, 0.3) is 5.56 Å². The molecule has 0 aromatic carbocycles. The van der Waals surface area contributed by atoms with Crippen LogP contribution in [0.5, 0.6) is 0 Å². The molecule has 24 heavy (non-hydrogen) atoms. The van der Waals surface area contributed by atoms with Crippen molar-refractivity contribution in [3.63, 3.8) is 0 Å². The summed E-state index contributed by atoms with van der Waals surface area (Å²) in [5, 5.41) is 9.46. The smallest absolute Gasteiger partial charge is 0.353 e. The number of aliphatic hydroxyl groups is 1. The van der Waals surface area contributed by atoms with Crippen molar-refractivity contribution in [3.8, 4) is 0 Å². The van der Waals surface area contributed by atoms with E-state index in [9.17, 15) is 19.3 Å². The van der Waals surface area contributed by atoms with E-state index in [1.807, 2.05) is 0 Å². The van der Waals surface area contributed by atoms with E-state index < -0.39 is 18.8 Å². The highest BCUT2D eigenvalue weighted by atomic mass is 31.2. The van der Waals surface area contributed by atoms with Gasteiger partial charge in [0.2, 0.25) is 0 Å². The molecule has 0 aliphatic carbocycles. The van der Waals surface area contributed by atoms with Crippen LogP contribution in [0.25, 0.3) is 0 Å². The summed E-state index contributed by atoms with van der Waals surface area (Å²) in [6.07, 6.45) is 3.48. The van der Waals surface area contributed by atoms with Crippen molar-refractivity contribution in [3.05, 3.63) is 44.5 Å². The zero-order valence-electron chi connectivity index (χ0n) is 14.2. The van der Waals surface area contributed by atoms with Gasteiger partial charge in [-0.05, 0) is 27.2 Å². The predicted octanol–water partition coefficient (Wildman–Crippen LogP) is 1.62. The highest BCUT2D eigenvalue weighted by Gasteiger charge is 2.19. The van der Waals surface area contributed by atoms with E-state index in [4.69, 9.17) is 9.05 Å². The number of aromatic amines is 1. The summed E-state index contributed by atoms with van der Waals surface area (Å²) in [5.41, 5.74) is -0.479. The normalized spacial score (nSPS) is 13.5. The van der Waals surface area contributed by atoms with Crippen molar-refractivity contribution >= 4 is 7.60 Å². The molecule has 1 atom stereocenters. The second kappa shape index (κ2) is 9.74. The first-order chi connectivity index (χ1) is 11.3. The summed E-state index contributed by atoms with van der Waals surface area (Å²) in [7, 11) is -3.31. The topological polar surface area (TPSA) is 111 Å². The van der Waals surface area contributed by atoms with Gasteiger partial charge in [-0.25, -0.2) is 4.79 Å². The van der Waals surface area contributed by atoms with Gasteiger partial charge in [-0.15, -0.1) is 0 Å². The number of hydrogen-bond donors (Lipinski definition) is 2. The summed E-state index contributed by atoms with van der Waals surface area (Å²) in [6, 6.07) is 0. The lowest BCUT2D eigenvalue weighted by atomic mass is 10.1. The van der Waals surface area contributed by atoms with Gasteiger partial charge in [-0.2, -0.15) is 0 Å². The second-order valence-corrected chi connectivity index (χ2v) is 7.11. The van der Waals surface area contributed by atoms with Crippen molar-refractivity contribution in [2.45, 2.75) is 33.7 Å². The number of H-pyrrole nitrogens is 1. The van der Waals surface area contributed by atoms with Crippen molar-refractivity contribution in [1.29, 1.82) is 0 Å². The van der Waals surface area contributed by atoms with Gasteiger partial charge < -0.3 is 18.7 Å². The SMILES string of the molecule is CCOP(=O)(C=C[C@H](CO)CCn1cc(C)c(=O)[nH]c1=O)OCC. The van der Waals surface area contributed by atoms with Crippen LogP contribution in [-0.4, -0.2) is 34.5 Å². The quantitative estimate of drug-likeness (QED) is 0.614. The number of aromatic nitrogens is 2. The van der Waals surface area contributed by atoms with Gasteiger partial charge in [0.15, 0.2) is 0 Å². The molecule has 0 saturated carbocycles. The van der Waals surface area contributed by atoms with E-state index in [2.05, 4.69) is 4.98 Å². The maximum Gasteiger partial charge on any atom is 0.353 e. The van der Waals surface area contributed by atoms with Crippen molar-refractivity contribution in [1.82, 2.24) is 9.55 Å². The molecule has 0 spiro atoms. The third-order valence-corrected chi connectivity index (χ3v) is 5.10. The molecule has 1 rings (SSSR count). The highest BCUT2D eigenvalue weighted by Crippen LogP contribution is 2.49. The van der Waals surface area contributed by atoms with Crippen LogP contribution in [0, 0.1) is 12.8 Å². The molecule has 0 bridgehead atoms. The third-order valence-electron chi connectivity index (χ3n) is 3.32. The van der Waals surface area contributed by atoms with Gasteiger partial charge in [-0.1, -0.05) is 6.08 Å². The predicted molar refractivity (Wildman–Crippen MR) is 91.3 cm³/mol. The summed E-state index contributed by atoms with van der Waals surface area (Å²) in [6.45, 7) is 5.67. The fourth-order valence-corrected chi connectivity index (χ4v) is 3.47. The Morgan fingerprint density at radius 1 is 1.33 bits per heavy atom. The van der Waals surface area contributed by atoms with Gasteiger partial charge in [-0.3, -0.25) is 14.3 Å². The fourth-order valence-electron chi connectivity index (χ4n) is 2.05. The molecule has 9 heteroatoms. The second-order valence-electron chi connectivity index (χ2n) is 5.21. The molecule has 136 valence electrons. The first-order valence-corrected chi connectivity index (χ1v) is 9.45. The molecule has 8 nitrogen and oxygen atoms in total. The minimum atomic E-state index is -3.31. The lowest BCUT2D eigenvalue weighted by molar-refractivity contribution is 0.227. The average molecular weight is 360 g/mol. The van der Waals surface area contributed by atoms with Gasteiger partial charge in [0.05, 0.1) is 13.2 Å². The summed E-state index contributed by atoms with van der Waals surface area (Å²) < 4.78 is 24.0. The van der Waals surface area contributed by atoms with Crippen LogP contribution in [-0.2, 0) is 20.2 Å². The van der Waals surface area contributed by atoms with E-state index in [1.54, 1.807) is 26.8 Å². The largest absolute Gasteiger partial charge is 0.396 e. The summed E-state index contributed by atoms with van der Waals surface area (Å²) in [4.78, 5) is 25.3. The maximum atomic E-state index is 12.3. The van der Waals surface area contributed by atoms with Crippen LogP contribution < -0.4 is 11.2 Å². The van der Waals surface area contributed by atoms with Crippen LogP contribution in [0.1, 0.15) is 25.8 Å². The molecule has 0 aliphatic heterocycles. The van der Waals surface area contributed by atoms with Crippen LogP contribution in [0.15, 0.2) is 27.7 Å². The Hall–Kier alpha value is -1.47. The standard InChI is InChI=1S/C15H25N2O6P/c1-4-22-24(21,23-5-2)9-7-13(11-18)6-8-17-10-12(3)14(19)16-15(17)20/h7,9-10,13,18H,4-6,8,11H2,1-3H3,(H,16,19,20)/t13-/m1/s1. The number of aryl methyl sites for hydroxylation is 2. The minimum Gasteiger partial charge on any atom is -0.396 e. The zero-order valence-corrected chi connectivity index (χ0v) is 15.1. The molecule has 1 heterocycles. The average Bonchev–Trinajstić information content (AvgIpc) is 2.52. The molecule has 2 N–H and O–H groups in total. The molecule has 1 aromatic heterocycles. The van der Waals surface area contributed by atoms with Gasteiger partial charge >= 0.3 is 13.3 Å². The molecule has 0 saturated heterocycles. The summed E-state index contributed by atoms with van der Waals surface area (Å²) >= 11 is 0. The van der Waals surface area contributed by atoms with E-state index in [0.717, 1.165) is 0 Å². The van der Waals surface area contributed by atoms with Crippen molar-refractivity contribution in [2.75, 3.05) is 19.8 Å². The van der Waals surface area contributed by atoms with Gasteiger partial charge in [0, 0.05) is 36.6 Å². The number of aliphatic hydroxyl groups excluding tert-OH is 1. The summed E-state index contributed by atoms with van der Waals surface area (Å²) in [5.74, 6) is 1.03. The fraction of sp³-hybridized carbons (Fsp3) is 0.600. The lowest BCUT2D eigenvalue weighted by Gasteiger charge is -2.15. The first-order valence-electron chi connectivity index (χ1n) is 7.84. The molecule has 0 amide bonds. The highest BCUT2D eigenvalue weighted by molar-refractivity contribution is 7.57. The minimum absolute atomic E-state index is 0.175. The Labute approximate surface area is 140 Å². The Balaban J connectivity index is 2.79. The molecule has 0 aliphatic rings. The van der Waals surface area contributed by atoms with Crippen LogP contribution >= 0.6 is 7.60 Å². The number of hydrogen-bond acceptors (Lipinski definition) is 6. The van der Waals surface area contributed by atoms with Crippen LogP contribution in [0.3, 0.4) is 0 Å². The number of rotatable bonds is 10. The molecule has 0 unspecified atom stereocenters. The zero-order chi connectivity index (χ0) is 18.2. The Bertz CT molecular complexity index is 699. The monoisotopic (exact) mass is 360 g/mol. The van der Waals surface area contributed by atoms with Gasteiger partial charge in [0.1, 0.15) is 0 Å². The van der Waals surface area contributed by atoms with E-state index >= 15 is 0 Å². The van der Waals surface area contributed by atoms with E-state index in [-0.39, 0.29) is 25.7 Å². The molecular weight excluding hydrogens is 335 g/mol. The number of nitrogens with one attached hydrogen (secondary N) is 1. The van der Waals surface area contributed by atoms with Crippen molar-refractivity contribution in [2.24, 2.45) is 5.92 Å². The molecule has 1 aromatic rings. The third kappa shape index (κ3) is 6.20. The van der Waals surface area contributed by atoms with Crippen LogP contribution in [0.4, 0.5) is 0 Å². The van der Waals surface area contributed by atoms with E-state index in [1.165, 1.54) is 16.6 Å². The maximum absolute atomic E-state index is 12.3. The molecule has 0 fully saturated rings.